The number of nitrogens with one attached hydrogen (secondary N) is 1. The maximum absolute atomic E-state index is 11.3. The van der Waals surface area contributed by atoms with Gasteiger partial charge in [-0.1, -0.05) is 12.8 Å². The van der Waals surface area contributed by atoms with Gasteiger partial charge < -0.3 is 15.3 Å². The maximum atomic E-state index is 11.3. The van der Waals surface area contributed by atoms with Crippen molar-refractivity contribution in [3.05, 3.63) is 0 Å². The molecule has 1 aliphatic rings. The Morgan fingerprint density at radius 3 is 2.56 bits per heavy atom. The maximum Gasteiger partial charge on any atom is 0.317 e. The zero-order valence-electron chi connectivity index (χ0n) is 9.90. The molecule has 0 spiro atoms. The van der Waals surface area contributed by atoms with Crippen LogP contribution in [0.2, 0.25) is 0 Å². The minimum atomic E-state index is -0.852. The van der Waals surface area contributed by atoms with Crippen LogP contribution >= 0.6 is 0 Å². The summed E-state index contributed by atoms with van der Waals surface area (Å²) in [5.41, 5.74) is 0. The Balaban J connectivity index is 2.56. The Kier molecular flexibility index (Phi) is 4.73. The van der Waals surface area contributed by atoms with Crippen LogP contribution in [0.15, 0.2) is 0 Å². The third kappa shape index (κ3) is 3.48. The summed E-state index contributed by atoms with van der Waals surface area (Å²) in [6.07, 6.45) is 4.09. The molecule has 1 fully saturated rings. The van der Waals surface area contributed by atoms with Crippen LogP contribution in [0.3, 0.4) is 0 Å². The average molecular weight is 228 g/mol. The van der Waals surface area contributed by atoms with Gasteiger partial charge in [0.15, 0.2) is 0 Å². The molecular formula is C11H20N2O3. The van der Waals surface area contributed by atoms with Gasteiger partial charge in [0.2, 0.25) is 5.91 Å². The van der Waals surface area contributed by atoms with E-state index in [0.29, 0.717) is 0 Å². The van der Waals surface area contributed by atoms with Crippen LogP contribution in [0.4, 0.5) is 0 Å². The molecule has 0 aliphatic heterocycles. The van der Waals surface area contributed by atoms with Crippen molar-refractivity contribution in [2.75, 3.05) is 13.6 Å². The SMILES string of the molecule is CC(=O)N(C)[C@H]1CCCC[C@H]1NCC(=O)O. The largest absolute Gasteiger partial charge is 0.480 e. The fourth-order valence-electron chi connectivity index (χ4n) is 2.26. The van der Waals surface area contributed by atoms with Crippen LogP contribution in [-0.2, 0) is 9.59 Å². The summed E-state index contributed by atoms with van der Waals surface area (Å²) in [5, 5.41) is 11.6. The highest BCUT2D eigenvalue weighted by molar-refractivity contribution is 5.73. The van der Waals surface area contributed by atoms with E-state index in [2.05, 4.69) is 5.32 Å². The predicted octanol–water partition coefficient (Wildman–Crippen LogP) is 0.450. The summed E-state index contributed by atoms with van der Waals surface area (Å²) in [4.78, 5) is 23.5. The molecule has 92 valence electrons. The van der Waals surface area contributed by atoms with Crippen LogP contribution in [0.25, 0.3) is 0 Å². The van der Waals surface area contributed by atoms with Gasteiger partial charge in [0.05, 0.1) is 6.54 Å². The number of likely N-dealkylation sites (N-methyl/N-ethyl adjacent to an activating group) is 1. The molecule has 2 N–H and O–H groups in total. The van der Waals surface area contributed by atoms with Gasteiger partial charge in [-0.05, 0) is 12.8 Å². The zero-order valence-corrected chi connectivity index (χ0v) is 9.90. The molecule has 0 bridgehead atoms. The van der Waals surface area contributed by atoms with Crippen LogP contribution in [0.1, 0.15) is 32.6 Å². The van der Waals surface area contributed by atoms with E-state index < -0.39 is 5.97 Å². The first kappa shape index (κ1) is 13.0. The highest BCUT2D eigenvalue weighted by atomic mass is 16.4. The molecule has 5 heteroatoms. The number of aliphatic carboxylic acids is 1. The normalized spacial score (nSPS) is 25.1. The van der Waals surface area contributed by atoms with Crippen molar-refractivity contribution < 1.29 is 14.7 Å². The molecule has 0 heterocycles. The first-order valence-electron chi connectivity index (χ1n) is 5.71. The lowest BCUT2D eigenvalue weighted by molar-refractivity contribution is -0.136. The molecule has 16 heavy (non-hydrogen) atoms. The second-order valence-electron chi connectivity index (χ2n) is 4.36. The number of carbonyl (C=O) groups is 2. The van der Waals surface area contributed by atoms with Crippen molar-refractivity contribution in [1.82, 2.24) is 10.2 Å². The van der Waals surface area contributed by atoms with Gasteiger partial charge in [0.25, 0.3) is 0 Å². The first-order valence-corrected chi connectivity index (χ1v) is 5.71. The van der Waals surface area contributed by atoms with Crippen molar-refractivity contribution in [3.63, 3.8) is 0 Å². The smallest absolute Gasteiger partial charge is 0.317 e. The second kappa shape index (κ2) is 5.84. The number of carboxylic acid groups (broad SMARTS) is 1. The van der Waals surface area contributed by atoms with Crippen molar-refractivity contribution in [2.45, 2.75) is 44.7 Å². The van der Waals surface area contributed by atoms with Crippen LogP contribution in [0.5, 0.6) is 0 Å². The molecule has 0 aromatic carbocycles. The Labute approximate surface area is 95.8 Å². The molecule has 1 aliphatic carbocycles. The molecule has 1 amide bonds. The Morgan fingerprint density at radius 2 is 2.00 bits per heavy atom. The molecule has 0 aromatic heterocycles. The summed E-state index contributed by atoms with van der Waals surface area (Å²) in [6, 6.07) is 0.240. The molecule has 0 radical (unpaired) electrons. The van der Waals surface area contributed by atoms with Crippen molar-refractivity contribution in [1.29, 1.82) is 0 Å². The molecule has 1 saturated carbocycles. The lowest BCUT2D eigenvalue weighted by atomic mass is 9.89. The minimum Gasteiger partial charge on any atom is -0.480 e. The lowest BCUT2D eigenvalue weighted by Crippen LogP contribution is -2.52. The topological polar surface area (TPSA) is 69.6 Å². The second-order valence-corrected chi connectivity index (χ2v) is 4.36. The number of carboxylic acids is 1. The number of hydrogen-bond acceptors (Lipinski definition) is 3. The monoisotopic (exact) mass is 228 g/mol. The van der Waals surface area contributed by atoms with E-state index in [4.69, 9.17) is 5.11 Å². The average Bonchev–Trinajstić information content (AvgIpc) is 2.25. The first-order chi connectivity index (χ1) is 7.52. The fraction of sp³-hybridized carbons (Fsp3) is 0.818. The number of amides is 1. The summed E-state index contributed by atoms with van der Waals surface area (Å²) < 4.78 is 0. The van der Waals surface area contributed by atoms with Crippen LogP contribution < -0.4 is 5.32 Å². The van der Waals surface area contributed by atoms with E-state index in [1.807, 2.05) is 0 Å². The van der Waals surface area contributed by atoms with Gasteiger partial charge >= 0.3 is 5.97 Å². The number of rotatable bonds is 4. The standard InChI is InChI=1S/C11H20N2O3/c1-8(14)13(2)10-6-4-3-5-9(10)12-7-11(15)16/h9-10,12H,3-7H2,1-2H3,(H,15,16)/t9-,10+/m1/s1. The van der Waals surface area contributed by atoms with Crippen LogP contribution in [0, 0.1) is 0 Å². The molecule has 5 nitrogen and oxygen atoms in total. The summed E-state index contributed by atoms with van der Waals surface area (Å²) in [7, 11) is 1.79. The zero-order chi connectivity index (χ0) is 12.1. The van der Waals surface area contributed by atoms with Crippen molar-refractivity contribution in [2.24, 2.45) is 0 Å². The summed E-state index contributed by atoms with van der Waals surface area (Å²) >= 11 is 0. The van der Waals surface area contributed by atoms with Gasteiger partial charge in [0, 0.05) is 26.1 Å². The van der Waals surface area contributed by atoms with E-state index >= 15 is 0 Å². The predicted molar refractivity (Wildman–Crippen MR) is 60.1 cm³/mol. The van der Waals surface area contributed by atoms with Gasteiger partial charge in [-0.15, -0.1) is 0 Å². The molecule has 0 unspecified atom stereocenters. The fourth-order valence-corrected chi connectivity index (χ4v) is 2.26. The summed E-state index contributed by atoms with van der Waals surface area (Å²) in [5.74, 6) is -0.816. The highest BCUT2D eigenvalue weighted by Crippen LogP contribution is 2.22. The molecule has 0 aromatic rings. The van der Waals surface area contributed by atoms with Crippen LogP contribution in [-0.4, -0.2) is 47.6 Å². The third-order valence-corrected chi connectivity index (χ3v) is 3.24. The van der Waals surface area contributed by atoms with E-state index in [1.165, 1.54) is 0 Å². The molecular weight excluding hydrogens is 208 g/mol. The van der Waals surface area contributed by atoms with Gasteiger partial charge in [-0.2, -0.15) is 0 Å². The van der Waals surface area contributed by atoms with Crippen molar-refractivity contribution >= 4 is 11.9 Å². The highest BCUT2D eigenvalue weighted by Gasteiger charge is 2.29. The van der Waals surface area contributed by atoms with E-state index in [0.717, 1.165) is 25.7 Å². The van der Waals surface area contributed by atoms with Crippen molar-refractivity contribution in [3.8, 4) is 0 Å². The Hall–Kier alpha value is -1.10. The quantitative estimate of drug-likeness (QED) is 0.733. The van der Waals surface area contributed by atoms with E-state index in [1.54, 1.807) is 18.9 Å². The van der Waals surface area contributed by atoms with E-state index in [9.17, 15) is 9.59 Å². The Bertz CT molecular complexity index is 268. The number of hydrogen-bond donors (Lipinski definition) is 2. The Morgan fingerprint density at radius 1 is 1.38 bits per heavy atom. The third-order valence-electron chi connectivity index (χ3n) is 3.24. The molecule has 1 rings (SSSR count). The number of carbonyl (C=O) groups excluding carboxylic acids is 1. The van der Waals surface area contributed by atoms with E-state index in [-0.39, 0.29) is 24.5 Å². The lowest BCUT2D eigenvalue weighted by Gasteiger charge is -2.37. The number of nitrogens with zero attached hydrogens (tertiary/aromatic N) is 1. The van der Waals surface area contributed by atoms with Gasteiger partial charge in [-0.3, -0.25) is 9.59 Å². The summed E-state index contributed by atoms with van der Waals surface area (Å²) in [6.45, 7) is 1.51. The molecule has 2 atom stereocenters. The minimum absolute atomic E-state index is 0.0348. The van der Waals surface area contributed by atoms with Gasteiger partial charge in [-0.25, -0.2) is 0 Å². The van der Waals surface area contributed by atoms with Gasteiger partial charge in [0.1, 0.15) is 0 Å². The molecule has 0 saturated heterocycles.